The van der Waals surface area contributed by atoms with Crippen LogP contribution in [0.5, 0.6) is 0 Å². The van der Waals surface area contributed by atoms with Crippen molar-refractivity contribution in [1.29, 1.82) is 0 Å². The maximum atomic E-state index is 13.0. The normalized spacial score (nSPS) is 33.8. The number of amides is 2. The number of aliphatic hydroxyl groups is 1. The number of hydrogen-bond acceptors (Lipinski definition) is 5. The quantitative estimate of drug-likeness (QED) is 0.724. The van der Waals surface area contributed by atoms with Gasteiger partial charge >= 0.3 is 0 Å². The third kappa shape index (κ3) is 4.61. The van der Waals surface area contributed by atoms with Crippen LogP contribution in [0.4, 0.5) is 0 Å². The van der Waals surface area contributed by atoms with Gasteiger partial charge in [0.2, 0.25) is 5.91 Å². The third-order valence-electron chi connectivity index (χ3n) is 8.13. The van der Waals surface area contributed by atoms with Crippen molar-refractivity contribution in [2.24, 2.45) is 29.1 Å². The Morgan fingerprint density at radius 1 is 1.23 bits per heavy atom. The van der Waals surface area contributed by atoms with Crippen molar-refractivity contribution in [3.05, 3.63) is 24.3 Å². The van der Waals surface area contributed by atoms with Gasteiger partial charge in [0.25, 0.3) is 5.91 Å². The van der Waals surface area contributed by atoms with E-state index in [0.29, 0.717) is 18.7 Å². The lowest BCUT2D eigenvalue weighted by Crippen LogP contribution is -2.58. The van der Waals surface area contributed by atoms with E-state index in [-0.39, 0.29) is 46.9 Å². The van der Waals surface area contributed by atoms with Crippen LogP contribution in [0, 0.1) is 29.1 Å². The van der Waals surface area contributed by atoms with Crippen LogP contribution in [-0.4, -0.2) is 57.0 Å². The van der Waals surface area contributed by atoms with Gasteiger partial charge in [-0.1, -0.05) is 20.8 Å². The molecule has 0 aromatic carbocycles. The number of aliphatic hydroxyl groups excluding tert-OH is 1. The topological polar surface area (TPSA) is 95.4 Å². The fraction of sp³-hybridized carbons (Fsp3) is 0.750. The van der Waals surface area contributed by atoms with E-state index in [2.05, 4.69) is 29.1 Å². The molecule has 0 aliphatic heterocycles. The molecule has 2 aliphatic rings. The molecule has 31 heavy (non-hydrogen) atoms. The van der Waals surface area contributed by atoms with Gasteiger partial charge < -0.3 is 15.3 Å². The fourth-order valence-electron chi connectivity index (χ4n) is 6.17. The SMILES string of the molecule is CCN(CC)C(=O)C(C)C1CCC2(C)CCC(NC(=O)c3cncnc3)C(C)C2C1O. The van der Waals surface area contributed by atoms with Crippen molar-refractivity contribution >= 4 is 11.8 Å². The molecule has 2 fully saturated rings. The monoisotopic (exact) mass is 430 g/mol. The summed E-state index contributed by atoms with van der Waals surface area (Å²) in [6.07, 6.45) is 7.62. The van der Waals surface area contributed by atoms with Crippen molar-refractivity contribution in [2.75, 3.05) is 13.1 Å². The molecule has 7 atom stereocenters. The molecule has 1 aromatic rings. The van der Waals surface area contributed by atoms with Crippen molar-refractivity contribution in [3.8, 4) is 0 Å². The van der Waals surface area contributed by atoms with Gasteiger partial charge in [-0.25, -0.2) is 9.97 Å². The molecule has 1 heterocycles. The average Bonchev–Trinajstić information content (AvgIpc) is 2.76. The maximum Gasteiger partial charge on any atom is 0.254 e. The minimum atomic E-state index is -0.553. The first kappa shape index (κ1) is 23.6. The molecular weight excluding hydrogens is 392 g/mol. The molecule has 2 aliphatic carbocycles. The Hall–Kier alpha value is -2.02. The minimum absolute atomic E-state index is 0.0204. The fourth-order valence-corrected chi connectivity index (χ4v) is 6.17. The van der Waals surface area contributed by atoms with E-state index in [0.717, 1.165) is 25.7 Å². The summed E-state index contributed by atoms with van der Waals surface area (Å²) in [5, 5.41) is 14.7. The minimum Gasteiger partial charge on any atom is -0.392 e. The van der Waals surface area contributed by atoms with Crippen molar-refractivity contribution in [1.82, 2.24) is 20.2 Å². The lowest BCUT2D eigenvalue weighted by molar-refractivity contribution is -0.149. The summed E-state index contributed by atoms with van der Waals surface area (Å²) in [5.41, 5.74) is 0.480. The number of hydrogen-bond donors (Lipinski definition) is 2. The Morgan fingerprint density at radius 3 is 2.45 bits per heavy atom. The standard InChI is InChI=1S/C24H38N4O3/c1-6-28(7-2)23(31)15(3)18-8-10-24(5)11-9-19(16(4)20(24)21(18)29)27-22(30)17-12-25-14-26-13-17/h12-16,18-21,29H,6-11H2,1-5H3,(H,27,30). The molecule has 1 aromatic heterocycles. The molecule has 7 heteroatoms. The van der Waals surface area contributed by atoms with Crippen molar-refractivity contribution < 1.29 is 14.7 Å². The summed E-state index contributed by atoms with van der Waals surface area (Å²) in [4.78, 5) is 35.4. The molecule has 0 spiro atoms. The second-order valence-electron chi connectivity index (χ2n) is 9.78. The van der Waals surface area contributed by atoms with E-state index in [1.165, 1.54) is 18.7 Å². The predicted octanol–water partition coefficient (Wildman–Crippen LogP) is 2.90. The van der Waals surface area contributed by atoms with E-state index in [9.17, 15) is 14.7 Å². The largest absolute Gasteiger partial charge is 0.392 e. The van der Waals surface area contributed by atoms with Gasteiger partial charge in [0, 0.05) is 37.4 Å². The molecule has 2 saturated carbocycles. The zero-order valence-corrected chi connectivity index (χ0v) is 19.5. The van der Waals surface area contributed by atoms with Crippen LogP contribution in [0.1, 0.15) is 70.7 Å². The third-order valence-corrected chi connectivity index (χ3v) is 8.13. The highest BCUT2D eigenvalue weighted by molar-refractivity contribution is 5.93. The first-order valence-corrected chi connectivity index (χ1v) is 11.8. The summed E-state index contributed by atoms with van der Waals surface area (Å²) < 4.78 is 0. The van der Waals surface area contributed by atoms with Gasteiger partial charge in [-0.05, 0) is 62.7 Å². The predicted molar refractivity (Wildman–Crippen MR) is 119 cm³/mol. The van der Waals surface area contributed by atoms with E-state index < -0.39 is 6.10 Å². The van der Waals surface area contributed by atoms with E-state index in [1.807, 2.05) is 25.7 Å². The van der Waals surface area contributed by atoms with Crippen LogP contribution in [0.3, 0.4) is 0 Å². The van der Waals surface area contributed by atoms with E-state index >= 15 is 0 Å². The number of nitrogens with one attached hydrogen (secondary N) is 1. The van der Waals surface area contributed by atoms with E-state index in [4.69, 9.17) is 0 Å². The molecule has 2 amide bonds. The summed E-state index contributed by atoms with van der Waals surface area (Å²) >= 11 is 0. The van der Waals surface area contributed by atoms with Gasteiger partial charge in [-0.15, -0.1) is 0 Å². The van der Waals surface area contributed by atoms with Gasteiger partial charge in [0.15, 0.2) is 0 Å². The van der Waals surface area contributed by atoms with Crippen LogP contribution in [0.15, 0.2) is 18.7 Å². The molecule has 2 N–H and O–H groups in total. The lowest BCUT2D eigenvalue weighted by atomic mass is 9.51. The average molecular weight is 431 g/mol. The Bertz CT molecular complexity index is 769. The molecule has 3 rings (SSSR count). The van der Waals surface area contributed by atoms with Crippen molar-refractivity contribution in [2.45, 2.75) is 72.4 Å². The zero-order chi connectivity index (χ0) is 22.8. The second kappa shape index (κ2) is 9.63. The maximum absolute atomic E-state index is 13.0. The number of carbonyl (C=O) groups is 2. The first-order valence-electron chi connectivity index (χ1n) is 11.8. The van der Waals surface area contributed by atoms with Gasteiger partial charge in [0.1, 0.15) is 6.33 Å². The number of aromatic nitrogens is 2. The number of carbonyl (C=O) groups excluding carboxylic acids is 2. The Kier molecular flexibility index (Phi) is 7.35. The molecule has 172 valence electrons. The summed E-state index contributed by atoms with van der Waals surface area (Å²) in [6.45, 7) is 11.8. The van der Waals surface area contributed by atoms with Gasteiger partial charge in [-0.2, -0.15) is 0 Å². The first-order chi connectivity index (χ1) is 14.7. The lowest BCUT2D eigenvalue weighted by Gasteiger charge is -2.56. The van der Waals surface area contributed by atoms with E-state index in [1.54, 1.807) is 0 Å². The molecule has 7 unspecified atom stereocenters. The van der Waals surface area contributed by atoms with Crippen LogP contribution in [-0.2, 0) is 4.79 Å². The highest BCUT2D eigenvalue weighted by Gasteiger charge is 2.54. The number of rotatable bonds is 6. The van der Waals surface area contributed by atoms with Crippen LogP contribution in [0.25, 0.3) is 0 Å². The highest BCUT2D eigenvalue weighted by atomic mass is 16.3. The van der Waals surface area contributed by atoms with Gasteiger partial charge in [-0.3, -0.25) is 9.59 Å². The number of fused-ring (bicyclic) bond motifs is 1. The molecule has 0 saturated heterocycles. The van der Waals surface area contributed by atoms with Crippen LogP contribution >= 0.6 is 0 Å². The smallest absolute Gasteiger partial charge is 0.254 e. The Morgan fingerprint density at radius 2 is 1.84 bits per heavy atom. The molecule has 0 bridgehead atoms. The van der Waals surface area contributed by atoms with Crippen molar-refractivity contribution in [3.63, 3.8) is 0 Å². The Balaban J connectivity index is 1.75. The summed E-state index contributed by atoms with van der Waals surface area (Å²) in [6, 6.07) is -0.0204. The van der Waals surface area contributed by atoms with Crippen LogP contribution < -0.4 is 5.32 Å². The Labute approximate surface area is 186 Å². The summed E-state index contributed by atoms with van der Waals surface area (Å²) in [5.74, 6) is -0.137. The highest BCUT2D eigenvalue weighted by Crippen LogP contribution is 2.55. The molecule has 0 radical (unpaired) electrons. The molecule has 7 nitrogen and oxygen atoms in total. The molecular formula is C24H38N4O3. The van der Waals surface area contributed by atoms with Gasteiger partial charge in [0.05, 0.1) is 11.7 Å². The summed E-state index contributed by atoms with van der Waals surface area (Å²) in [7, 11) is 0. The van der Waals surface area contributed by atoms with Crippen LogP contribution in [0.2, 0.25) is 0 Å². The second-order valence-corrected chi connectivity index (χ2v) is 9.78. The number of nitrogens with zero attached hydrogens (tertiary/aromatic N) is 3. The zero-order valence-electron chi connectivity index (χ0n) is 19.5.